The summed E-state index contributed by atoms with van der Waals surface area (Å²) in [7, 11) is -0.456. The monoisotopic (exact) mass is 2060 g/mol. The summed E-state index contributed by atoms with van der Waals surface area (Å²) in [6, 6.07) is 23.8. The van der Waals surface area contributed by atoms with Crippen LogP contribution in [0.5, 0.6) is 0 Å². The molecule has 0 spiro atoms. The molecule has 37 nitrogen and oxygen atoms in total. The largest absolute Gasteiger partial charge is 1.00 e. The first-order valence-electron chi connectivity index (χ1n) is 43.1. The molecule has 12 saturated carbocycles. The molecule has 728 valence electrons. The third kappa shape index (κ3) is 21.9. The van der Waals surface area contributed by atoms with Crippen LogP contribution in [0.4, 0.5) is 40.3 Å². The number of fused-ring (bicyclic) bond motifs is 2. The van der Waals surface area contributed by atoms with E-state index in [1.165, 1.54) is 98.5 Å². The van der Waals surface area contributed by atoms with Gasteiger partial charge in [0.15, 0.2) is 0 Å². The number of carbonyl (C=O) groups is 7. The molecule has 1 aliphatic heterocycles. The number of anilines is 4. The van der Waals surface area contributed by atoms with E-state index in [4.69, 9.17) is 87.6 Å². The van der Waals surface area contributed by atoms with Gasteiger partial charge >= 0.3 is 7.12 Å². The standard InChI is InChI=1S/C25H26FN7O3.2C17H22ClFN4O3.C17H20ClFN4O2.C14H16BN3O2.HI.H2O2/c1-23(2,36)20(26)10-30-21(34)16-9-29-18(19-4-3-15-5-14(7-27)8-31-33(15)19)6-17(16)32-25-11-24(12-25,13-25)22(28)35;2*1-15(2,26)11(19)5-22-13(24)9-4-21-12(18)3-10(9)23-17-6-16(7-17,8-17)14(20)25;1-15(2,25)12(19)5-22-14(24)10-4-21-13(18)3-11(10)23-17-6-16(7-17,8-17)9-20;1-13(2)14(3,4)20-15(19-13)12-6-5-11-7-10(8-16)9-17-18(11)12;;1-2/h3-6,8-9,20,36H,10-13H2,1-2H3,(H2,28,35)(H,29,32)(H,30,34);2*3-4,11,26H,5-8H2,1-2H3,(H2,20,25)(H,21,23)(H,22,24);3-4,12,25H,5-8H2,1-2H3,(H,21,23)(H,22,24);5-7,9H,1-4H3;1H;1-2H/p-1/t20-,24?,25?;2*11-,16?,17?;12-,16?,17?;;;/m1111.../s1. The zero-order chi connectivity index (χ0) is 99.5. The molecule has 8 aromatic rings. The number of halogens is 8. The Hall–Kier alpha value is -11.0. The zero-order valence-electron chi connectivity index (χ0n) is 76.5. The Bertz CT molecular complexity index is 5890. The van der Waals surface area contributed by atoms with Crippen LogP contribution >= 0.6 is 34.8 Å². The van der Waals surface area contributed by atoms with Crippen molar-refractivity contribution in [3.63, 3.8) is 0 Å². The Morgan fingerprint density at radius 2 is 0.728 bits per heavy atom. The zero-order valence-corrected chi connectivity index (χ0v) is 80.9. The number of pyridine rings is 4. The molecule has 0 radical (unpaired) electrons. The summed E-state index contributed by atoms with van der Waals surface area (Å²) in [5, 5.41) is 110. The maximum atomic E-state index is 14.2. The van der Waals surface area contributed by atoms with Gasteiger partial charge < -0.3 is 113 Å². The van der Waals surface area contributed by atoms with E-state index in [1.807, 2.05) is 52.0 Å². The van der Waals surface area contributed by atoms with Crippen molar-refractivity contribution in [1.82, 2.24) is 60.4 Å². The average molecular weight is 2060 g/mol. The summed E-state index contributed by atoms with van der Waals surface area (Å²) < 4.78 is 71.2. The summed E-state index contributed by atoms with van der Waals surface area (Å²) in [5.74, 6) is -3.01. The average Bonchev–Trinajstić information content (AvgIpc) is 0.737. The van der Waals surface area contributed by atoms with Crippen molar-refractivity contribution in [2.24, 2.45) is 38.9 Å². The van der Waals surface area contributed by atoms with Crippen LogP contribution < -0.4 is 89.3 Å². The molecule has 8 aromatic heterocycles. The first-order chi connectivity index (χ1) is 62.8. The van der Waals surface area contributed by atoms with Crippen molar-refractivity contribution in [2.75, 3.05) is 47.4 Å². The molecule has 0 aromatic carbocycles. The highest BCUT2D eigenvalue weighted by atomic mass is 127. The first-order valence-corrected chi connectivity index (χ1v) is 44.2. The second kappa shape index (κ2) is 38.8. The molecule has 13 aliphatic rings. The number of nitrogens with zero attached hydrogens (tertiary/aromatic N) is 11. The van der Waals surface area contributed by atoms with Gasteiger partial charge in [-0.15, -0.1) is 0 Å². The number of hydrogen-bond acceptors (Lipinski definition) is 28. The maximum Gasteiger partial charge on any atom is 0.514 e. The lowest BCUT2D eigenvalue weighted by atomic mass is 9.39. The van der Waals surface area contributed by atoms with Crippen LogP contribution in [0.1, 0.15) is 213 Å². The van der Waals surface area contributed by atoms with Crippen LogP contribution in [0.15, 0.2) is 97.8 Å². The normalized spacial score (nSPS) is 24.9. The van der Waals surface area contributed by atoms with Crippen molar-refractivity contribution in [3.05, 3.63) is 147 Å². The van der Waals surface area contributed by atoms with E-state index in [1.54, 1.807) is 39.5 Å². The Kier molecular flexibility index (Phi) is 30.1. The maximum absolute atomic E-state index is 14.2. The first kappa shape index (κ1) is 105. The summed E-state index contributed by atoms with van der Waals surface area (Å²) in [5.41, 5.74) is 14.1. The van der Waals surface area contributed by atoms with Gasteiger partial charge in [-0.05, 0) is 221 Å². The summed E-state index contributed by atoms with van der Waals surface area (Å²) in [6.45, 7) is 17.4. The van der Waals surface area contributed by atoms with Gasteiger partial charge in [-0.3, -0.25) is 49.1 Å². The van der Waals surface area contributed by atoms with Crippen molar-refractivity contribution in [1.29, 1.82) is 15.8 Å². The van der Waals surface area contributed by atoms with E-state index in [2.05, 4.69) is 90.9 Å². The number of alkyl halides is 4. The van der Waals surface area contributed by atoms with Crippen LogP contribution in [0, 0.1) is 55.7 Å². The van der Waals surface area contributed by atoms with E-state index in [0.29, 0.717) is 109 Å². The quantitative estimate of drug-likeness (QED) is 0.00670. The molecular weight excluding hydrogens is 1950 g/mol. The molecule has 7 amide bonds. The fourth-order valence-electron chi connectivity index (χ4n) is 18.3. The number of amides is 7. The second-order valence-electron chi connectivity index (χ2n) is 40.1. The topological polar surface area (TPSA) is 591 Å². The Morgan fingerprint density at radius 3 is 1.02 bits per heavy atom. The van der Waals surface area contributed by atoms with Crippen molar-refractivity contribution < 1.29 is 115 Å². The number of carbonyl (C=O) groups excluding carboxylic acids is 7. The van der Waals surface area contributed by atoms with Crippen molar-refractivity contribution >= 4 is 123 Å². The predicted octanol–water partition coefficient (Wildman–Crippen LogP) is 5.67. The predicted molar refractivity (Wildman–Crippen MR) is 490 cm³/mol. The Labute approximate surface area is 812 Å². The summed E-state index contributed by atoms with van der Waals surface area (Å²) in [6.07, 6.45) is 9.50. The lowest BCUT2D eigenvalue weighted by molar-refractivity contribution is -0.176. The smallest absolute Gasteiger partial charge is 0.514 e. The van der Waals surface area contributed by atoms with Gasteiger partial charge in [-0.25, -0.2) is 41.5 Å². The van der Waals surface area contributed by atoms with Gasteiger partial charge in [-0.1, -0.05) is 34.8 Å². The third-order valence-corrected chi connectivity index (χ3v) is 27.5. The van der Waals surface area contributed by atoms with Gasteiger partial charge in [-0.2, -0.15) is 26.0 Å². The molecule has 136 heavy (non-hydrogen) atoms. The SMILES string of the molecule is CC(C)(O)[C@H](F)CNC(=O)c1cnc(-c2ccc3cc(C#N)cnn23)cc1NC12CC(C(N)=O)(C1)C2.CC(C)(O)[C@H](F)CNC(=O)c1cnc(Cl)cc1NC12CC(C#N)(C1)C2.CC(C)(O)[C@H](F)CNC(=O)c1cnc(Cl)cc1NC12CC(C(N)=O)(C1)C2.CC(C)(O)[C@H](F)CNC(=O)c1cnc(Cl)cc1NC12CC(C(N)=O)(C1)C2.CC1(C)OB(c2ccc3cc(C#N)cnn23)OC1(C)C.OO.[I-]. The Balaban J connectivity index is 0.000000164. The lowest BCUT2D eigenvalue weighted by Gasteiger charge is -2.69. The summed E-state index contributed by atoms with van der Waals surface area (Å²) in [4.78, 5) is 101. The molecule has 8 bridgehead atoms. The third-order valence-electron chi connectivity index (χ3n) is 26.9. The van der Waals surface area contributed by atoms with Crippen molar-refractivity contribution in [3.8, 4) is 29.6 Å². The van der Waals surface area contributed by atoms with Crippen LogP contribution in [0.25, 0.3) is 22.4 Å². The van der Waals surface area contributed by atoms with Gasteiger partial charge in [0, 0.05) is 46.9 Å². The summed E-state index contributed by atoms with van der Waals surface area (Å²) >= 11 is 17.8. The number of nitrogens with one attached hydrogen (secondary N) is 8. The number of aromatic nitrogens is 8. The van der Waals surface area contributed by atoms with E-state index >= 15 is 0 Å². The molecule has 21 rings (SSSR count). The molecule has 1 saturated heterocycles. The van der Waals surface area contributed by atoms with Gasteiger partial charge in [0.25, 0.3) is 23.6 Å². The number of nitrogens with two attached hydrogens (primary N) is 3. The molecule has 12 aliphatic carbocycles. The van der Waals surface area contributed by atoms with Crippen LogP contribution in [0.3, 0.4) is 0 Å². The van der Waals surface area contributed by atoms with Crippen LogP contribution in [-0.2, 0) is 23.7 Å². The molecule has 9 heterocycles. The fraction of sp³-hybridized carbons (Fsp3) is 0.511. The molecule has 20 N–H and O–H groups in total. The van der Waals surface area contributed by atoms with Crippen LogP contribution in [-0.4, -0.2) is 225 Å². The van der Waals surface area contributed by atoms with Gasteiger partial charge in [0.2, 0.25) is 17.7 Å². The van der Waals surface area contributed by atoms with Crippen LogP contribution in [0.2, 0.25) is 15.5 Å². The van der Waals surface area contributed by atoms with Gasteiger partial charge in [0.05, 0.1) is 184 Å². The molecule has 0 unspecified atom stereocenters. The number of primary amides is 3. The molecule has 46 heteroatoms. The fourth-order valence-corrected chi connectivity index (χ4v) is 18.8. The van der Waals surface area contributed by atoms with E-state index in [9.17, 15) is 71.5 Å². The van der Waals surface area contributed by atoms with E-state index in [-0.39, 0.29) is 144 Å². The minimum absolute atomic E-state index is 0. The number of hydrogen-bond donors (Lipinski definition) is 17. The highest BCUT2D eigenvalue weighted by Gasteiger charge is 2.74. The molecule has 4 atom stereocenters. The highest BCUT2D eigenvalue weighted by Crippen LogP contribution is 2.71. The second-order valence-corrected chi connectivity index (χ2v) is 41.3. The lowest BCUT2D eigenvalue weighted by Crippen LogP contribution is -3.00. The number of nitriles is 3. The van der Waals surface area contributed by atoms with Crippen molar-refractivity contribution in [2.45, 2.75) is 241 Å². The Morgan fingerprint density at radius 1 is 0.449 bits per heavy atom. The van der Waals surface area contributed by atoms with E-state index < -0.39 is 94.1 Å². The van der Waals surface area contributed by atoms with Gasteiger partial charge in [0.1, 0.15) is 52.3 Å². The number of aliphatic hydroxyl groups is 4. The minimum atomic E-state index is -1.66. The molecule has 13 fully saturated rings. The van der Waals surface area contributed by atoms with E-state index in [0.717, 1.165) is 30.4 Å². The highest BCUT2D eigenvalue weighted by molar-refractivity contribution is 6.61. The minimum Gasteiger partial charge on any atom is -1.00 e. The molecular formula is C90H108BCl3F4IN22O15-. The number of rotatable bonds is 29.